The molecule has 2 aliphatic heterocycles. The normalized spacial score (nSPS) is 23.1. The molecule has 0 bridgehead atoms. The standard InChI is InChI=1S/C22H29N3O4S/c1-16-15-19(26)8-7-17(16)9-14-30(28,29)25-12-10-22(11-13-25)21(27)23-20(24-22)18-5-3-2-4-6-18/h7-9,14-15,18,26H,2-6,10-13H2,1H3,(H,23,24,27). The van der Waals surface area contributed by atoms with Crippen molar-refractivity contribution in [2.45, 2.75) is 57.4 Å². The first-order valence-corrected chi connectivity index (χ1v) is 12.2. The number of sulfonamides is 1. The molecule has 1 aliphatic carbocycles. The van der Waals surface area contributed by atoms with Gasteiger partial charge in [-0.2, -0.15) is 4.31 Å². The van der Waals surface area contributed by atoms with E-state index in [2.05, 4.69) is 5.32 Å². The van der Waals surface area contributed by atoms with Gasteiger partial charge in [0.2, 0.25) is 10.0 Å². The smallest absolute Gasteiger partial charge is 0.253 e. The van der Waals surface area contributed by atoms with E-state index in [4.69, 9.17) is 4.99 Å². The lowest BCUT2D eigenvalue weighted by molar-refractivity contribution is -0.124. The van der Waals surface area contributed by atoms with Crippen molar-refractivity contribution in [3.05, 3.63) is 34.7 Å². The molecule has 3 aliphatic rings. The summed E-state index contributed by atoms with van der Waals surface area (Å²) in [4.78, 5) is 17.5. The van der Waals surface area contributed by atoms with Crippen molar-refractivity contribution in [2.75, 3.05) is 13.1 Å². The number of phenolic OH excluding ortho intramolecular Hbond substituents is 1. The number of hydrogen-bond donors (Lipinski definition) is 2. The number of rotatable bonds is 4. The zero-order chi connectivity index (χ0) is 21.4. The van der Waals surface area contributed by atoms with Crippen LogP contribution in [0, 0.1) is 12.8 Å². The second-order valence-electron chi connectivity index (χ2n) is 8.61. The number of hydrogen-bond acceptors (Lipinski definition) is 5. The van der Waals surface area contributed by atoms with Gasteiger partial charge in [-0.3, -0.25) is 9.79 Å². The number of carbonyl (C=O) groups excluding carboxylic acids is 1. The lowest BCUT2D eigenvalue weighted by atomic mass is 9.88. The number of aromatic hydroxyl groups is 1. The molecule has 1 aromatic carbocycles. The van der Waals surface area contributed by atoms with E-state index in [0.717, 1.165) is 29.8 Å². The molecule has 162 valence electrons. The third kappa shape index (κ3) is 4.16. The highest BCUT2D eigenvalue weighted by Crippen LogP contribution is 2.35. The van der Waals surface area contributed by atoms with Gasteiger partial charge in [0, 0.05) is 24.4 Å². The highest BCUT2D eigenvalue weighted by Gasteiger charge is 2.48. The predicted molar refractivity (Wildman–Crippen MR) is 116 cm³/mol. The maximum atomic E-state index is 12.8. The van der Waals surface area contributed by atoms with E-state index >= 15 is 0 Å². The molecule has 1 saturated heterocycles. The molecule has 1 amide bonds. The maximum absolute atomic E-state index is 12.8. The second-order valence-corrected chi connectivity index (χ2v) is 10.4. The molecule has 2 fully saturated rings. The SMILES string of the molecule is Cc1cc(O)ccc1C=CS(=O)(=O)N1CCC2(CC1)N=C(C1CCCCC1)NC2=O. The number of aliphatic imine (C=N–C) groups is 1. The Balaban J connectivity index is 1.43. The molecule has 1 spiro atoms. The van der Waals surface area contributed by atoms with Gasteiger partial charge in [0.15, 0.2) is 0 Å². The van der Waals surface area contributed by atoms with E-state index in [1.807, 2.05) is 6.92 Å². The summed E-state index contributed by atoms with van der Waals surface area (Å²) in [6, 6.07) is 4.81. The zero-order valence-electron chi connectivity index (χ0n) is 17.3. The van der Waals surface area contributed by atoms with Crippen LogP contribution in [-0.4, -0.2) is 48.2 Å². The summed E-state index contributed by atoms with van der Waals surface area (Å²) in [5.74, 6) is 1.23. The van der Waals surface area contributed by atoms with Gasteiger partial charge in [-0.05, 0) is 61.9 Å². The Kier molecular flexibility index (Phi) is 5.72. The molecule has 2 heterocycles. The number of phenols is 1. The summed E-state index contributed by atoms with van der Waals surface area (Å²) in [5.41, 5.74) is 0.726. The number of amidine groups is 1. The van der Waals surface area contributed by atoms with Gasteiger partial charge in [-0.25, -0.2) is 8.42 Å². The van der Waals surface area contributed by atoms with Crippen molar-refractivity contribution in [1.29, 1.82) is 0 Å². The highest BCUT2D eigenvalue weighted by atomic mass is 32.2. The molecule has 0 aromatic heterocycles. The molecule has 7 nitrogen and oxygen atoms in total. The van der Waals surface area contributed by atoms with E-state index in [9.17, 15) is 18.3 Å². The zero-order valence-corrected chi connectivity index (χ0v) is 18.1. The quantitative estimate of drug-likeness (QED) is 0.766. The van der Waals surface area contributed by atoms with Gasteiger partial charge in [-0.15, -0.1) is 0 Å². The fourth-order valence-electron chi connectivity index (χ4n) is 4.65. The predicted octanol–water partition coefficient (Wildman–Crippen LogP) is 2.94. The van der Waals surface area contributed by atoms with Crippen LogP contribution in [0.4, 0.5) is 0 Å². The van der Waals surface area contributed by atoms with Crippen LogP contribution in [0.1, 0.15) is 56.1 Å². The molecule has 4 rings (SSSR count). The fraction of sp³-hybridized carbons (Fsp3) is 0.545. The number of amides is 1. The van der Waals surface area contributed by atoms with Crippen molar-refractivity contribution in [2.24, 2.45) is 10.9 Å². The molecule has 1 saturated carbocycles. The Morgan fingerprint density at radius 3 is 2.57 bits per heavy atom. The van der Waals surface area contributed by atoms with Crippen LogP contribution < -0.4 is 5.32 Å². The molecular weight excluding hydrogens is 402 g/mol. The maximum Gasteiger partial charge on any atom is 0.253 e. The van der Waals surface area contributed by atoms with E-state index in [1.165, 1.54) is 35.0 Å². The van der Waals surface area contributed by atoms with Crippen LogP contribution in [0.2, 0.25) is 0 Å². The molecule has 2 N–H and O–H groups in total. The summed E-state index contributed by atoms with van der Waals surface area (Å²) < 4.78 is 27.0. The molecule has 1 aromatic rings. The number of carbonyl (C=O) groups is 1. The summed E-state index contributed by atoms with van der Waals surface area (Å²) in [6.07, 6.45) is 8.08. The number of piperidine rings is 1. The van der Waals surface area contributed by atoms with E-state index in [1.54, 1.807) is 18.2 Å². The monoisotopic (exact) mass is 431 g/mol. The van der Waals surface area contributed by atoms with E-state index in [0.29, 0.717) is 18.8 Å². The van der Waals surface area contributed by atoms with Crippen molar-refractivity contribution < 1.29 is 18.3 Å². The van der Waals surface area contributed by atoms with Crippen LogP contribution in [0.3, 0.4) is 0 Å². The molecule has 8 heteroatoms. The second kappa shape index (κ2) is 8.15. The highest BCUT2D eigenvalue weighted by molar-refractivity contribution is 7.92. The Labute approximate surface area is 177 Å². The topological polar surface area (TPSA) is 99.1 Å². The fourth-order valence-corrected chi connectivity index (χ4v) is 5.84. The molecule has 0 radical (unpaired) electrons. The lowest BCUT2D eigenvalue weighted by Gasteiger charge is -2.34. The first kappa shape index (κ1) is 21.1. The summed E-state index contributed by atoms with van der Waals surface area (Å²) in [5, 5.41) is 13.7. The third-order valence-electron chi connectivity index (χ3n) is 6.57. The summed E-state index contributed by atoms with van der Waals surface area (Å²) >= 11 is 0. The van der Waals surface area contributed by atoms with Gasteiger partial charge in [0.25, 0.3) is 5.91 Å². The Morgan fingerprint density at radius 1 is 1.20 bits per heavy atom. The average Bonchev–Trinajstić information content (AvgIpc) is 3.04. The van der Waals surface area contributed by atoms with Crippen LogP contribution in [0.25, 0.3) is 6.08 Å². The molecule has 0 atom stereocenters. The van der Waals surface area contributed by atoms with Crippen LogP contribution in [0.5, 0.6) is 5.75 Å². The van der Waals surface area contributed by atoms with Crippen molar-refractivity contribution >= 4 is 27.8 Å². The Bertz CT molecular complexity index is 986. The van der Waals surface area contributed by atoms with Gasteiger partial charge >= 0.3 is 0 Å². The number of nitrogens with one attached hydrogen (secondary N) is 1. The van der Waals surface area contributed by atoms with Gasteiger partial charge in [0.1, 0.15) is 17.1 Å². The van der Waals surface area contributed by atoms with Crippen molar-refractivity contribution in [3.8, 4) is 5.75 Å². The largest absolute Gasteiger partial charge is 0.508 e. The van der Waals surface area contributed by atoms with Gasteiger partial charge in [-0.1, -0.05) is 25.3 Å². The number of aryl methyl sites for hydroxylation is 1. The van der Waals surface area contributed by atoms with Crippen molar-refractivity contribution in [3.63, 3.8) is 0 Å². The number of benzene rings is 1. The van der Waals surface area contributed by atoms with Crippen LogP contribution >= 0.6 is 0 Å². The molecular formula is C22H29N3O4S. The van der Waals surface area contributed by atoms with E-state index < -0.39 is 15.6 Å². The van der Waals surface area contributed by atoms with Gasteiger partial charge in [0.05, 0.1) is 0 Å². The minimum Gasteiger partial charge on any atom is -0.508 e. The molecule has 30 heavy (non-hydrogen) atoms. The minimum absolute atomic E-state index is 0.0737. The van der Waals surface area contributed by atoms with Crippen LogP contribution in [-0.2, 0) is 14.8 Å². The Morgan fingerprint density at radius 2 is 1.90 bits per heavy atom. The lowest BCUT2D eigenvalue weighted by Crippen LogP contribution is -2.50. The minimum atomic E-state index is -3.60. The molecule has 0 unspecified atom stereocenters. The van der Waals surface area contributed by atoms with Gasteiger partial charge < -0.3 is 10.4 Å². The first-order valence-electron chi connectivity index (χ1n) is 10.7. The third-order valence-corrected chi connectivity index (χ3v) is 8.14. The number of nitrogens with zero attached hydrogens (tertiary/aromatic N) is 2. The Hall–Kier alpha value is -2.19. The van der Waals surface area contributed by atoms with Crippen molar-refractivity contribution in [1.82, 2.24) is 9.62 Å². The summed E-state index contributed by atoms with van der Waals surface area (Å²) in [7, 11) is -3.60. The average molecular weight is 432 g/mol. The summed E-state index contributed by atoms with van der Waals surface area (Å²) in [6.45, 7) is 2.36. The van der Waals surface area contributed by atoms with E-state index in [-0.39, 0.29) is 24.7 Å². The first-order chi connectivity index (χ1) is 14.3. The van der Waals surface area contributed by atoms with Crippen LogP contribution in [0.15, 0.2) is 28.6 Å².